The molecule has 0 spiro atoms. The van der Waals surface area contributed by atoms with Crippen molar-refractivity contribution < 1.29 is 53.3 Å². The van der Waals surface area contributed by atoms with Gasteiger partial charge in [-0.05, 0) is 50.5 Å². The minimum atomic E-state index is -1.42. The molecule has 15 heteroatoms. The Balaban J connectivity index is 2.11. The van der Waals surface area contributed by atoms with Crippen LogP contribution in [0.5, 0.6) is 5.75 Å². The van der Waals surface area contributed by atoms with Gasteiger partial charge in [-0.15, -0.1) is 0 Å². The van der Waals surface area contributed by atoms with Gasteiger partial charge in [-0.2, -0.15) is 0 Å². The lowest BCUT2D eigenvalue weighted by molar-refractivity contribution is -0.141. The van der Waals surface area contributed by atoms with Crippen molar-refractivity contribution in [3.63, 3.8) is 0 Å². The molecule has 0 aliphatic heterocycles. The Morgan fingerprint density at radius 3 is 2.22 bits per heavy atom. The van der Waals surface area contributed by atoms with E-state index in [-0.39, 0.29) is 42.5 Å². The van der Waals surface area contributed by atoms with Crippen LogP contribution in [-0.2, 0) is 19.2 Å². The summed E-state index contributed by atoms with van der Waals surface area (Å²) in [4.78, 5) is 73.0. The minimum absolute atomic E-state index is 0.0159. The van der Waals surface area contributed by atoms with Crippen LogP contribution in [0.3, 0.4) is 0 Å². The average molecular weight is 647 g/mol. The number of nitrogens with one attached hydrogen (secondary N) is 4. The number of hydroxylamine groups is 1. The fraction of sp³-hybridized carbons (Fsp3) is 0.484. The van der Waals surface area contributed by atoms with E-state index in [4.69, 9.17) is 19.5 Å². The first-order valence-electron chi connectivity index (χ1n) is 15.1. The van der Waals surface area contributed by atoms with Crippen molar-refractivity contribution in [3.8, 4) is 17.1 Å². The molecule has 0 aliphatic rings. The zero-order valence-electron chi connectivity index (χ0n) is 26.1. The fourth-order valence-electron chi connectivity index (χ4n) is 4.81. The molecule has 0 unspecified atom stereocenters. The molecular formula is C31H42N4O11. The second-order valence-corrected chi connectivity index (χ2v) is 10.4. The lowest BCUT2D eigenvalue weighted by Gasteiger charge is -2.24. The third-order valence-electron chi connectivity index (χ3n) is 7.23. The normalized spacial score (nSPS) is 12.7. The molecule has 2 aromatic rings. The predicted molar refractivity (Wildman–Crippen MR) is 163 cm³/mol. The third-order valence-corrected chi connectivity index (χ3v) is 7.23. The summed E-state index contributed by atoms with van der Waals surface area (Å²) in [5, 5.41) is 34.8. The Morgan fingerprint density at radius 1 is 0.870 bits per heavy atom. The number of amides is 4. The number of furan rings is 1. The summed E-state index contributed by atoms with van der Waals surface area (Å²) < 4.78 is 11.3. The van der Waals surface area contributed by atoms with Crippen LogP contribution in [-0.4, -0.2) is 70.3 Å². The standard InChI is InChI=1S/C31H42N4O11/c1-4-7-8-9-20(19(5-2)29(40)35-44)27(38)32-17-33-30(41)24-14-13-23(46-24)18-10-11-21(25(16-18)45-6-3)28(39)34-22(31(42)43)12-15-26(36)37/h10-11,13-14,16,19-20,22,44H,4-9,12,15,17H2,1-3H3,(H,32,38)(H,33,41)(H,34,39)(H,35,40)(H,36,37)(H,42,43)/t19-,20-,22+/m1/s1. The maximum atomic E-state index is 12.9. The second kappa shape index (κ2) is 18.8. The molecular weight excluding hydrogens is 604 g/mol. The van der Waals surface area contributed by atoms with Gasteiger partial charge in [0.25, 0.3) is 11.8 Å². The molecule has 1 aromatic carbocycles. The number of hydrogen-bond acceptors (Lipinski definition) is 9. The van der Waals surface area contributed by atoms with Crippen molar-refractivity contribution >= 4 is 35.6 Å². The lowest BCUT2D eigenvalue weighted by Crippen LogP contribution is -2.44. The molecule has 0 bridgehead atoms. The summed E-state index contributed by atoms with van der Waals surface area (Å²) in [6.45, 7) is 5.38. The van der Waals surface area contributed by atoms with Gasteiger partial charge >= 0.3 is 11.9 Å². The SMILES string of the molecule is CCCCC[C@@H](C(=O)NCNC(=O)c1ccc(-c2ccc(C(=O)N[C@@H](CCC(=O)O)C(=O)O)c(OCC)c2)o1)[C@@H](CC)C(=O)NO. The maximum absolute atomic E-state index is 12.9. The molecule has 7 N–H and O–H groups in total. The summed E-state index contributed by atoms with van der Waals surface area (Å²) in [7, 11) is 0. The van der Waals surface area contributed by atoms with Crippen LogP contribution in [0.25, 0.3) is 11.3 Å². The van der Waals surface area contributed by atoms with Crippen LogP contribution in [0.4, 0.5) is 0 Å². The van der Waals surface area contributed by atoms with Gasteiger partial charge in [0, 0.05) is 17.9 Å². The molecule has 2 rings (SSSR count). The van der Waals surface area contributed by atoms with Crippen LogP contribution in [0.1, 0.15) is 86.6 Å². The van der Waals surface area contributed by atoms with Gasteiger partial charge in [0.2, 0.25) is 11.8 Å². The molecule has 0 aliphatic carbocycles. The van der Waals surface area contributed by atoms with E-state index >= 15 is 0 Å². The quantitative estimate of drug-likeness (QED) is 0.0478. The average Bonchev–Trinajstić information content (AvgIpc) is 3.53. The van der Waals surface area contributed by atoms with Crippen molar-refractivity contribution in [2.24, 2.45) is 11.8 Å². The van der Waals surface area contributed by atoms with Crippen LogP contribution in [0.2, 0.25) is 0 Å². The number of aliphatic carboxylic acids is 2. The van der Waals surface area contributed by atoms with E-state index in [9.17, 15) is 33.9 Å². The Morgan fingerprint density at radius 2 is 1.61 bits per heavy atom. The first kappa shape index (κ1) is 37.3. The molecule has 4 amide bonds. The van der Waals surface area contributed by atoms with Gasteiger partial charge in [0.15, 0.2) is 5.76 Å². The molecule has 1 heterocycles. The highest BCUT2D eigenvalue weighted by Crippen LogP contribution is 2.29. The zero-order chi connectivity index (χ0) is 34.2. The van der Waals surface area contributed by atoms with Gasteiger partial charge in [-0.1, -0.05) is 39.2 Å². The minimum Gasteiger partial charge on any atom is -0.493 e. The maximum Gasteiger partial charge on any atom is 0.326 e. The fourth-order valence-corrected chi connectivity index (χ4v) is 4.81. The van der Waals surface area contributed by atoms with Gasteiger partial charge in [0.05, 0.1) is 24.8 Å². The number of carboxylic acids is 2. The molecule has 0 fully saturated rings. The van der Waals surface area contributed by atoms with Crippen LogP contribution in [0.15, 0.2) is 34.7 Å². The van der Waals surface area contributed by atoms with Gasteiger partial charge in [-0.25, -0.2) is 10.3 Å². The van der Waals surface area contributed by atoms with E-state index in [1.165, 1.54) is 30.3 Å². The molecule has 3 atom stereocenters. The summed E-state index contributed by atoms with van der Waals surface area (Å²) >= 11 is 0. The molecule has 0 saturated heterocycles. The van der Waals surface area contributed by atoms with Crippen molar-refractivity contribution in [1.29, 1.82) is 0 Å². The summed E-state index contributed by atoms with van der Waals surface area (Å²) in [6.07, 6.45) is 2.55. The van der Waals surface area contributed by atoms with E-state index < -0.39 is 59.9 Å². The largest absolute Gasteiger partial charge is 0.493 e. The van der Waals surface area contributed by atoms with Crippen molar-refractivity contribution in [2.75, 3.05) is 13.3 Å². The van der Waals surface area contributed by atoms with Gasteiger partial charge in [0.1, 0.15) is 17.6 Å². The van der Waals surface area contributed by atoms with E-state index in [1.54, 1.807) is 19.3 Å². The number of carbonyl (C=O) groups is 6. The molecule has 1 aromatic heterocycles. The number of carbonyl (C=O) groups excluding carboxylic acids is 4. The van der Waals surface area contributed by atoms with Gasteiger partial charge in [-0.3, -0.25) is 29.2 Å². The van der Waals surface area contributed by atoms with Crippen LogP contribution in [0, 0.1) is 11.8 Å². The number of unbranched alkanes of at least 4 members (excludes halogenated alkanes) is 2. The highest BCUT2D eigenvalue weighted by Gasteiger charge is 2.32. The number of benzene rings is 1. The van der Waals surface area contributed by atoms with Crippen LogP contribution >= 0.6 is 0 Å². The number of rotatable bonds is 20. The van der Waals surface area contributed by atoms with E-state index in [2.05, 4.69) is 16.0 Å². The summed E-state index contributed by atoms with van der Waals surface area (Å²) in [5.74, 6) is -6.20. The highest BCUT2D eigenvalue weighted by molar-refractivity contribution is 5.99. The lowest BCUT2D eigenvalue weighted by atomic mass is 9.84. The number of ether oxygens (including phenoxy) is 1. The molecule has 0 saturated carbocycles. The van der Waals surface area contributed by atoms with E-state index in [1.807, 2.05) is 6.92 Å². The molecule has 0 radical (unpaired) electrons. The summed E-state index contributed by atoms with van der Waals surface area (Å²) in [6, 6.07) is 5.90. The Kier molecular flexibility index (Phi) is 15.2. The van der Waals surface area contributed by atoms with Crippen molar-refractivity contribution in [1.82, 2.24) is 21.4 Å². The Bertz CT molecular complexity index is 1370. The highest BCUT2D eigenvalue weighted by atomic mass is 16.5. The Labute approximate surface area is 266 Å². The van der Waals surface area contributed by atoms with Crippen molar-refractivity contribution in [2.45, 2.75) is 71.8 Å². The Hall–Kier alpha value is -4.92. The van der Waals surface area contributed by atoms with E-state index in [0.717, 1.165) is 19.3 Å². The number of hydrogen-bond donors (Lipinski definition) is 7. The van der Waals surface area contributed by atoms with Gasteiger partial charge < -0.3 is 35.3 Å². The third kappa shape index (κ3) is 10.9. The topological polar surface area (TPSA) is 234 Å². The second-order valence-electron chi connectivity index (χ2n) is 10.4. The first-order chi connectivity index (χ1) is 22.0. The first-order valence-corrected chi connectivity index (χ1v) is 15.1. The molecule has 46 heavy (non-hydrogen) atoms. The zero-order valence-corrected chi connectivity index (χ0v) is 26.1. The molecule has 15 nitrogen and oxygen atoms in total. The molecule has 252 valence electrons. The van der Waals surface area contributed by atoms with Crippen LogP contribution < -0.4 is 26.2 Å². The number of carboxylic acid groups (broad SMARTS) is 2. The predicted octanol–water partition coefficient (Wildman–Crippen LogP) is 2.92. The van der Waals surface area contributed by atoms with E-state index in [0.29, 0.717) is 18.4 Å². The monoisotopic (exact) mass is 646 g/mol. The van der Waals surface area contributed by atoms with Crippen molar-refractivity contribution in [3.05, 3.63) is 41.7 Å². The smallest absolute Gasteiger partial charge is 0.326 e. The summed E-state index contributed by atoms with van der Waals surface area (Å²) in [5.41, 5.74) is 2.08.